The molecule has 1 N–H and O–H groups in total. The molecule has 41 heavy (non-hydrogen) atoms. The summed E-state index contributed by atoms with van der Waals surface area (Å²) >= 11 is 0. The van der Waals surface area contributed by atoms with Crippen molar-refractivity contribution in [1.82, 2.24) is 19.7 Å². The standard InChI is InChI=1S/C33H39N5O3/c1-24-34-35-32-23-37(28-12-7-8-13-29(28)38(24)32)19-9-18-36-20-16-26(17-21-36)33(39,25-10-5-4-6-11-25)27-14-15-30(40-2)31(22-27)41-3/h4-8,10-15,22,26,39H,9,16-21,23H2,1-3H3. The van der Waals surface area contributed by atoms with Crippen molar-refractivity contribution in [2.75, 3.05) is 45.3 Å². The molecule has 3 heterocycles. The monoisotopic (exact) mass is 553 g/mol. The lowest BCUT2D eigenvalue weighted by Gasteiger charge is -2.42. The van der Waals surface area contributed by atoms with Gasteiger partial charge in [-0.15, -0.1) is 10.2 Å². The molecule has 8 heteroatoms. The zero-order valence-electron chi connectivity index (χ0n) is 24.2. The zero-order valence-corrected chi connectivity index (χ0v) is 24.2. The summed E-state index contributed by atoms with van der Waals surface area (Å²) in [5.74, 6) is 3.30. The van der Waals surface area contributed by atoms with E-state index in [1.54, 1.807) is 14.2 Å². The van der Waals surface area contributed by atoms with Crippen LogP contribution in [0, 0.1) is 12.8 Å². The number of nitrogens with zero attached hydrogens (tertiary/aromatic N) is 5. The molecule has 1 atom stereocenters. The first-order valence-corrected chi connectivity index (χ1v) is 14.5. The van der Waals surface area contributed by atoms with Gasteiger partial charge in [0, 0.05) is 6.54 Å². The van der Waals surface area contributed by atoms with E-state index in [0.717, 1.165) is 80.4 Å². The minimum Gasteiger partial charge on any atom is -0.493 e. The predicted molar refractivity (Wildman–Crippen MR) is 160 cm³/mol. The van der Waals surface area contributed by atoms with E-state index in [9.17, 15) is 5.11 Å². The average Bonchev–Trinajstić information content (AvgIpc) is 3.41. The largest absolute Gasteiger partial charge is 0.493 e. The molecule has 0 amide bonds. The molecular formula is C33H39N5O3. The maximum atomic E-state index is 12.4. The van der Waals surface area contributed by atoms with Crippen molar-refractivity contribution in [3.8, 4) is 17.2 Å². The van der Waals surface area contributed by atoms with Crippen molar-refractivity contribution in [2.45, 2.75) is 38.3 Å². The molecule has 214 valence electrons. The van der Waals surface area contributed by atoms with Crippen molar-refractivity contribution in [1.29, 1.82) is 0 Å². The van der Waals surface area contributed by atoms with Crippen LogP contribution in [-0.2, 0) is 12.1 Å². The highest BCUT2D eigenvalue weighted by Gasteiger charge is 2.42. The fourth-order valence-corrected chi connectivity index (χ4v) is 6.66. The summed E-state index contributed by atoms with van der Waals surface area (Å²) in [5.41, 5.74) is 3.04. The molecule has 1 fully saturated rings. The third-order valence-electron chi connectivity index (χ3n) is 8.81. The maximum absolute atomic E-state index is 12.4. The molecular weight excluding hydrogens is 514 g/mol. The number of anilines is 1. The van der Waals surface area contributed by atoms with Gasteiger partial charge >= 0.3 is 0 Å². The van der Waals surface area contributed by atoms with E-state index in [-0.39, 0.29) is 5.92 Å². The van der Waals surface area contributed by atoms with Gasteiger partial charge in [0.25, 0.3) is 0 Å². The Morgan fingerprint density at radius 2 is 1.54 bits per heavy atom. The molecule has 2 aliphatic heterocycles. The normalized spacial score (nSPS) is 17.0. The van der Waals surface area contributed by atoms with Gasteiger partial charge in [0.1, 0.15) is 11.4 Å². The first-order chi connectivity index (χ1) is 20.0. The number of rotatable bonds is 9. The molecule has 4 aromatic rings. The number of aliphatic hydroxyl groups is 1. The van der Waals surface area contributed by atoms with Crippen LogP contribution < -0.4 is 14.4 Å². The van der Waals surface area contributed by atoms with E-state index in [2.05, 4.69) is 48.8 Å². The second-order valence-corrected chi connectivity index (χ2v) is 11.1. The van der Waals surface area contributed by atoms with Gasteiger partial charge < -0.3 is 24.4 Å². The van der Waals surface area contributed by atoms with Gasteiger partial charge in [-0.2, -0.15) is 0 Å². The fourth-order valence-electron chi connectivity index (χ4n) is 6.66. The summed E-state index contributed by atoms with van der Waals surface area (Å²) in [5, 5.41) is 21.2. The maximum Gasteiger partial charge on any atom is 0.161 e. The van der Waals surface area contributed by atoms with Gasteiger partial charge in [-0.05, 0) is 87.1 Å². The number of aromatic nitrogens is 3. The van der Waals surface area contributed by atoms with Crippen LogP contribution in [0.4, 0.5) is 5.69 Å². The molecule has 1 saturated heterocycles. The Morgan fingerprint density at radius 3 is 2.27 bits per heavy atom. The Kier molecular flexibility index (Phi) is 7.69. The van der Waals surface area contributed by atoms with Crippen molar-refractivity contribution in [3.05, 3.63) is 95.6 Å². The summed E-state index contributed by atoms with van der Waals surface area (Å²) in [6.45, 7) is 6.68. The smallest absolute Gasteiger partial charge is 0.161 e. The van der Waals surface area contributed by atoms with E-state index >= 15 is 0 Å². The Hall–Kier alpha value is -3.88. The molecule has 0 radical (unpaired) electrons. The van der Waals surface area contributed by atoms with Crippen LogP contribution in [0.25, 0.3) is 5.69 Å². The first kappa shape index (κ1) is 27.3. The number of likely N-dealkylation sites (tertiary alicyclic amines) is 1. The molecule has 3 aromatic carbocycles. The van der Waals surface area contributed by atoms with Crippen LogP contribution in [0.15, 0.2) is 72.8 Å². The van der Waals surface area contributed by atoms with Crippen molar-refractivity contribution in [2.24, 2.45) is 5.92 Å². The molecule has 0 bridgehead atoms. The van der Waals surface area contributed by atoms with Crippen LogP contribution in [-0.4, -0.2) is 65.2 Å². The molecule has 0 spiro atoms. The predicted octanol–water partition coefficient (Wildman–Crippen LogP) is 4.95. The molecule has 0 aliphatic carbocycles. The van der Waals surface area contributed by atoms with E-state index in [0.29, 0.717) is 11.5 Å². The Labute approximate surface area is 242 Å². The summed E-state index contributed by atoms with van der Waals surface area (Å²) in [6, 6.07) is 24.4. The highest BCUT2D eigenvalue weighted by atomic mass is 16.5. The van der Waals surface area contributed by atoms with Crippen LogP contribution in [0.5, 0.6) is 11.5 Å². The van der Waals surface area contributed by atoms with Gasteiger partial charge in [0.05, 0.1) is 32.1 Å². The number of fused-ring (bicyclic) bond motifs is 3. The fraction of sp³-hybridized carbons (Fsp3) is 0.394. The van der Waals surface area contributed by atoms with Gasteiger partial charge in [-0.3, -0.25) is 4.57 Å². The number of aryl methyl sites for hydroxylation is 1. The second kappa shape index (κ2) is 11.5. The zero-order chi connectivity index (χ0) is 28.4. The van der Waals surface area contributed by atoms with Crippen LogP contribution in [0.1, 0.15) is 42.0 Å². The van der Waals surface area contributed by atoms with Crippen LogP contribution in [0.2, 0.25) is 0 Å². The summed E-state index contributed by atoms with van der Waals surface area (Å²) in [6.07, 6.45) is 2.88. The average molecular weight is 554 g/mol. The molecule has 2 aliphatic rings. The Balaban J connectivity index is 1.12. The quantitative estimate of drug-likeness (QED) is 0.314. The summed E-state index contributed by atoms with van der Waals surface area (Å²) in [4.78, 5) is 4.97. The lowest BCUT2D eigenvalue weighted by molar-refractivity contribution is -0.0143. The Bertz CT molecular complexity index is 1480. The van der Waals surface area contributed by atoms with Crippen molar-refractivity contribution in [3.63, 3.8) is 0 Å². The summed E-state index contributed by atoms with van der Waals surface area (Å²) in [7, 11) is 3.27. The number of benzene rings is 3. The SMILES string of the molecule is COc1ccc(C(O)(c2ccccc2)C2CCN(CCCN3Cc4nnc(C)n4-c4ccccc43)CC2)cc1OC. The molecule has 8 nitrogen and oxygen atoms in total. The molecule has 0 saturated carbocycles. The second-order valence-electron chi connectivity index (χ2n) is 11.1. The van der Waals surface area contributed by atoms with Gasteiger partial charge in [-0.1, -0.05) is 48.5 Å². The van der Waals surface area contributed by atoms with Gasteiger partial charge in [0.15, 0.2) is 17.3 Å². The summed E-state index contributed by atoms with van der Waals surface area (Å²) < 4.78 is 13.2. The number of ether oxygens (including phenoxy) is 2. The van der Waals surface area contributed by atoms with E-state index in [1.807, 2.05) is 55.5 Å². The van der Waals surface area contributed by atoms with E-state index in [4.69, 9.17) is 9.47 Å². The number of methoxy groups -OCH3 is 2. The highest BCUT2D eigenvalue weighted by molar-refractivity contribution is 5.65. The minimum absolute atomic E-state index is 0.0859. The number of para-hydroxylation sites is 2. The van der Waals surface area contributed by atoms with E-state index in [1.165, 1.54) is 5.69 Å². The van der Waals surface area contributed by atoms with E-state index < -0.39 is 5.60 Å². The van der Waals surface area contributed by atoms with Crippen molar-refractivity contribution < 1.29 is 14.6 Å². The molecule has 1 aromatic heterocycles. The highest BCUT2D eigenvalue weighted by Crippen LogP contribution is 2.44. The lowest BCUT2D eigenvalue weighted by atomic mass is 9.72. The topological polar surface area (TPSA) is 75.9 Å². The lowest BCUT2D eigenvalue weighted by Crippen LogP contribution is -2.44. The first-order valence-electron chi connectivity index (χ1n) is 14.5. The number of piperidine rings is 1. The third-order valence-corrected chi connectivity index (χ3v) is 8.81. The van der Waals surface area contributed by atoms with Crippen LogP contribution >= 0.6 is 0 Å². The minimum atomic E-state index is -1.11. The number of hydrogen-bond donors (Lipinski definition) is 1. The van der Waals surface area contributed by atoms with Crippen molar-refractivity contribution >= 4 is 5.69 Å². The molecule has 1 unspecified atom stereocenters. The Morgan fingerprint density at radius 1 is 0.829 bits per heavy atom. The molecule has 6 rings (SSSR count). The number of hydrogen-bond acceptors (Lipinski definition) is 7. The third kappa shape index (κ3) is 5.06. The van der Waals surface area contributed by atoms with Gasteiger partial charge in [-0.25, -0.2) is 0 Å². The van der Waals surface area contributed by atoms with Gasteiger partial charge in [0.2, 0.25) is 0 Å². The van der Waals surface area contributed by atoms with Crippen LogP contribution in [0.3, 0.4) is 0 Å².